The number of benzene rings is 2. The van der Waals surface area contributed by atoms with E-state index >= 15 is 0 Å². The molecule has 2 nitrogen and oxygen atoms in total. The molecule has 1 aromatic heterocycles. The molecule has 1 aliphatic heterocycles. The van der Waals surface area contributed by atoms with Crippen LogP contribution in [0.4, 0.5) is 4.39 Å². The topological polar surface area (TPSA) is 8.17 Å². The number of rotatable bonds is 3. The van der Waals surface area contributed by atoms with E-state index < -0.39 is 0 Å². The van der Waals surface area contributed by atoms with Gasteiger partial charge in [-0.25, -0.2) is 4.39 Å². The molecule has 0 aliphatic carbocycles. The Morgan fingerprint density at radius 1 is 1.16 bits per heavy atom. The smallest absolute Gasteiger partial charge is 0.123 e. The average Bonchev–Trinajstić information content (AvgIpc) is 2.87. The SMILES string of the molecule is C[C@@H]1Cc2c(c3cc(Cl)ccc3n2CCc2ccc(F)cc2)CN1C. The van der Waals surface area contributed by atoms with Crippen molar-refractivity contribution in [3.8, 4) is 0 Å². The largest absolute Gasteiger partial charge is 0.344 e. The summed E-state index contributed by atoms with van der Waals surface area (Å²) in [6.07, 6.45) is 1.94. The molecule has 0 spiro atoms. The van der Waals surface area contributed by atoms with Gasteiger partial charge in [0.05, 0.1) is 0 Å². The molecule has 0 unspecified atom stereocenters. The lowest BCUT2D eigenvalue weighted by atomic mass is 10.00. The van der Waals surface area contributed by atoms with Crippen molar-refractivity contribution in [1.82, 2.24) is 9.47 Å². The van der Waals surface area contributed by atoms with Crippen LogP contribution in [0, 0.1) is 5.82 Å². The fourth-order valence-corrected chi connectivity index (χ4v) is 4.02. The van der Waals surface area contributed by atoms with Crippen molar-refractivity contribution < 1.29 is 4.39 Å². The standard InChI is InChI=1S/C21H22ClFN2/c1-14-11-21-19(13-24(14)2)18-12-16(22)5-8-20(18)25(21)10-9-15-3-6-17(23)7-4-15/h3-8,12,14H,9-11,13H2,1-2H3/t14-/m1/s1. The van der Waals surface area contributed by atoms with Crippen LogP contribution in [0.5, 0.6) is 0 Å². The average molecular weight is 357 g/mol. The lowest BCUT2D eigenvalue weighted by molar-refractivity contribution is 0.228. The van der Waals surface area contributed by atoms with E-state index in [9.17, 15) is 4.39 Å². The molecule has 1 atom stereocenters. The van der Waals surface area contributed by atoms with Crippen molar-refractivity contribution in [2.24, 2.45) is 0 Å². The maximum Gasteiger partial charge on any atom is 0.123 e. The van der Waals surface area contributed by atoms with Crippen molar-refractivity contribution in [3.63, 3.8) is 0 Å². The van der Waals surface area contributed by atoms with Gasteiger partial charge in [-0.3, -0.25) is 4.90 Å². The highest BCUT2D eigenvalue weighted by Crippen LogP contribution is 2.34. The molecule has 2 aromatic carbocycles. The van der Waals surface area contributed by atoms with Crippen LogP contribution in [-0.2, 0) is 25.9 Å². The lowest BCUT2D eigenvalue weighted by Crippen LogP contribution is -2.35. The summed E-state index contributed by atoms with van der Waals surface area (Å²) in [6, 6.07) is 13.5. The van der Waals surface area contributed by atoms with Gasteiger partial charge in [-0.2, -0.15) is 0 Å². The first-order chi connectivity index (χ1) is 12.0. The van der Waals surface area contributed by atoms with Crippen molar-refractivity contribution >= 4 is 22.5 Å². The van der Waals surface area contributed by atoms with E-state index in [0.29, 0.717) is 6.04 Å². The maximum absolute atomic E-state index is 13.1. The summed E-state index contributed by atoms with van der Waals surface area (Å²) in [4.78, 5) is 2.40. The highest BCUT2D eigenvalue weighted by molar-refractivity contribution is 6.31. The van der Waals surface area contributed by atoms with E-state index in [1.54, 1.807) is 0 Å². The second kappa shape index (κ2) is 6.47. The molecule has 1 aliphatic rings. The van der Waals surface area contributed by atoms with Gasteiger partial charge < -0.3 is 4.57 Å². The van der Waals surface area contributed by atoms with Gasteiger partial charge in [0.2, 0.25) is 0 Å². The fourth-order valence-electron chi connectivity index (χ4n) is 3.85. The third-order valence-corrected chi connectivity index (χ3v) is 5.67. The number of aryl methyl sites for hydroxylation is 2. The monoisotopic (exact) mass is 356 g/mol. The molecule has 4 rings (SSSR count). The Bertz CT molecular complexity index is 914. The van der Waals surface area contributed by atoms with Gasteiger partial charge in [0.25, 0.3) is 0 Å². The van der Waals surface area contributed by atoms with E-state index in [1.807, 2.05) is 18.2 Å². The summed E-state index contributed by atoms with van der Waals surface area (Å²) in [5, 5.41) is 2.05. The zero-order chi connectivity index (χ0) is 17.6. The van der Waals surface area contributed by atoms with E-state index in [4.69, 9.17) is 11.6 Å². The molecule has 130 valence electrons. The minimum Gasteiger partial charge on any atom is -0.344 e. The number of hydrogen-bond donors (Lipinski definition) is 0. The molecule has 0 saturated carbocycles. The van der Waals surface area contributed by atoms with Crippen LogP contribution in [0.1, 0.15) is 23.7 Å². The van der Waals surface area contributed by atoms with E-state index in [2.05, 4.69) is 35.6 Å². The maximum atomic E-state index is 13.1. The number of halogens is 2. The number of hydrogen-bond acceptors (Lipinski definition) is 1. The minimum absolute atomic E-state index is 0.181. The Hall–Kier alpha value is -1.84. The Morgan fingerprint density at radius 2 is 1.92 bits per heavy atom. The number of aromatic nitrogens is 1. The van der Waals surface area contributed by atoms with Gasteiger partial charge in [-0.05, 0) is 61.9 Å². The molecule has 0 saturated heterocycles. The normalized spacial score (nSPS) is 17.8. The molecule has 2 heterocycles. The van der Waals surface area contributed by atoms with Crippen molar-refractivity contribution in [2.45, 2.75) is 38.9 Å². The summed E-state index contributed by atoms with van der Waals surface area (Å²) >= 11 is 6.26. The quantitative estimate of drug-likeness (QED) is 0.637. The van der Waals surface area contributed by atoms with Crippen LogP contribution < -0.4 is 0 Å². The minimum atomic E-state index is -0.181. The van der Waals surface area contributed by atoms with Gasteiger partial charge in [0, 0.05) is 47.2 Å². The molecule has 0 bridgehead atoms. The fraction of sp³-hybridized carbons (Fsp3) is 0.333. The summed E-state index contributed by atoms with van der Waals surface area (Å²) in [5.74, 6) is -0.181. The zero-order valence-electron chi connectivity index (χ0n) is 14.6. The lowest BCUT2D eigenvalue weighted by Gasteiger charge is -2.31. The van der Waals surface area contributed by atoms with E-state index in [-0.39, 0.29) is 5.82 Å². The molecule has 0 N–H and O–H groups in total. The van der Waals surface area contributed by atoms with Gasteiger partial charge in [0.1, 0.15) is 5.82 Å². The van der Waals surface area contributed by atoms with Gasteiger partial charge in [-0.1, -0.05) is 23.7 Å². The molecule has 0 amide bonds. The Morgan fingerprint density at radius 3 is 2.68 bits per heavy atom. The van der Waals surface area contributed by atoms with Gasteiger partial charge >= 0.3 is 0 Å². The van der Waals surface area contributed by atoms with E-state index in [1.165, 1.54) is 34.3 Å². The van der Waals surface area contributed by atoms with Crippen LogP contribution in [0.3, 0.4) is 0 Å². The molecular weight excluding hydrogens is 335 g/mol. The van der Waals surface area contributed by atoms with Crippen LogP contribution >= 0.6 is 11.6 Å². The molecule has 0 fully saturated rings. The third-order valence-electron chi connectivity index (χ3n) is 5.43. The second-order valence-corrected chi connectivity index (χ2v) is 7.52. The highest BCUT2D eigenvalue weighted by atomic mass is 35.5. The van der Waals surface area contributed by atoms with Crippen molar-refractivity contribution in [1.29, 1.82) is 0 Å². The Labute approximate surface area is 152 Å². The molecule has 0 radical (unpaired) electrons. The van der Waals surface area contributed by atoms with Crippen molar-refractivity contribution in [3.05, 3.63) is 70.1 Å². The Kier molecular flexibility index (Phi) is 4.30. The summed E-state index contributed by atoms with van der Waals surface area (Å²) in [7, 11) is 2.18. The summed E-state index contributed by atoms with van der Waals surface area (Å²) in [5.41, 5.74) is 5.23. The summed E-state index contributed by atoms with van der Waals surface area (Å²) in [6.45, 7) is 4.13. The summed E-state index contributed by atoms with van der Waals surface area (Å²) < 4.78 is 15.6. The van der Waals surface area contributed by atoms with Gasteiger partial charge in [-0.15, -0.1) is 0 Å². The van der Waals surface area contributed by atoms with Crippen molar-refractivity contribution in [2.75, 3.05) is 7.05 Å². The molecular formula is C21H22ClFN2. The predicted molar refractivity (Wildman–Crippen MR) is 102 cm³/mol. The second-order valence-electron chi connectivity index (χ2n) is 7.08. The van der Waals surface area contributed by atoms with Crippen LogP contribution in [0.2, 0.25) is 5.02 Å². The first-order valence-electron chi connectivity index (χ1n) is 8.77. The third kappa shape index (κ3) is 3.07. The zero-order valence-corrected chi connectivity index (χ0v) is 15.4. The van der Waals surface area contributed by atoms with Crippen LogP contribution in [0.15, 0.2) is 42.5 Å². The Balaban J connectivity index is 1.74. The number of fused-ring (bicyclic) bond motifs is 3. The number of likely N-dealkylation sites (N-methyl/N-ethyl adjacent to an activating group) is 1. The molecule has 25 heavy (non-hydrogen) atoms. The first kappa shape index (κ1) is 16.6. The van der Waals surface area contributed by atoms with Crippen LogP contribution in [0.25, 0.3) is 10.9 Å². The van der Waals surface area contributed by atoms with Crippen LogP contribution in [-0.4, -0.2) is 22.6 Å². The molecule has 3 aromatic rings. The predicted octanol–water partition coefficient (Wildman–Crippen LogP) is 5.05. The molecule has 4 heteroatoms. The number of nitrogens with zero attached hydrogens (tertiary/aromatic N) is 2. The van der Waals surface area contributed by atoms with Gasteiger partial charge in [0.15, 0.2) is 0 Å². The van der Waals surface area contributed by atoms with E-state index in [0.717, 1.165) is 36.5 Å². The first-order valence-corrected chi connectivity index (χ1v) is 9.15. The highest BCUT2D eigenvalue weighted by Gasteiger charge is 2.26.